The van der Waals surface area contributed by atoms with Crippen LogP contribution in [-0.2, 0) is 32.4 Å². The van der Waals surface area contributed by atoms with Gasteiger partial charge in [-0.05, 0) is 36.2 Å². The lowest BCUT2D eigenvalue weighted by Gasteiger charge is -2.25. The summed E-state index contributed by atoms with van der Waals surface area (Å²) < 4.78 is 30.1. The molecule has 3 amide bonds. The number of methoxy groups -OCH3 is 1. The molecule has 1 aliphatic rings. The number of anilines is 1. The molecular weight excluding hydrogens is 430 g/mol. The van der Waals surface area contributed by atoms with E-state index in [0.717, 1.165) is 16.2 Å². The molecule has 1 aromatic carbocycles. The Morgan fingerprint density at radius 2 is 1.90 bits per heavy atom. The van der Waals surface area contributed by atoms with Crippen molar-refractivity contribution in [3.63, 3.8) is 0 Å². The van der Waals surface area contributed by atoms with E-state index < -0.39 is 27.4 Å². The number of thiophene rings is 1. The minimum atomic E-state index is -3.89. The van der Waals surface area contributed by atoms with Crippen LogP contribution in [0.3, 0.4) is 0 Å². The number of amides is 3. The number of hydrogen-bond acceptors (Lipinski definition) is 7. The van der Waals surface area contributed by atoms with Crippen molar-refractivity contribution in [3.05, 3.63) is 40.3 Å². The number of ether oxygens (including phenoxy) is 1. The molecule has 0 aliphatic carbocycles. The number of carbonyl (C=O) groups is 3. The van der Waals surface area contributed by atoms with Gasteiger partial charge in [-0.2, -0.15) is 0 Å². The first kappa shape index (κ1) is 21.8. The van der Waals surface area contributed by atoms with Crippen molar-refractivity contribution in [2.45, 2.75) is 24.8 Å². The number of rotatable bonds is 6. The van der Waals surface area contributed by atoms with Crippen molar-refractivity contribution in [2.24, 2.45) is 5.73 Å². The molecule has 0 fully saturated rings. The largest absolute Gasteiger partial charge is 0.497 e. The predicted octanol–water partition coefficient (Wildman–Crippen LogP) is 1.17. The molecule has 0 spiro atoms. The van der Waals surface area contributed by atoms with Crippen LogP contribution in [-0.4, -0.2) is 50.4 Å². The van der Waals surface area contributed by atoms with Gasteiger partial charge in [0.05, 0.1) is 24.1 Å². The molecule has 30 heavy (non-hydrogen) atoms. The Morgan fingerprint density at radius 1 is 1.23 bits per heavy atom. The molecule has 0 saturated carbocycles. The molecular formula is C19H21N3O6S2. The van der Waals surface area contributed by atoms with Crippen molar-refractivity contribution < 1.29 is 27.5 Å². The van der Waals surface area contributed by atoms with Crippen molar-refractivity contribution in [3.8, 4) is 5.75 Å². The van der Waals surface area contributed by atoms with E-state index in [1.165, 1.54) is 38.3 Å². The second-order valence-corrected chi connectivity index (χ2v) is 9.84. The second kappa shape index (κ2) is 8.44. The summed E-state index contributed by atoms with van der Waals surface area (Å²) in [5, 5.41) is 2.71. The number of nitrogens with zero attached hydrogens (tertiary/aromatic N) is 1. The normalized spacial score (nSPS) is 13.5. The van der Waals surface area contributed by atoms with Gasteiger partial charge in [-0.15, -0.1) is 11.3 Å². The fraction of sp³-hybridized carbons (Fsp3) is 0.316. The highest BCUT2D eigenvalue weighted by atomic mass is 32.2. The number of sulfone groups is 1. The molecule has 2 aromatic rings. The van der Waals surface area contributed by atoms with Crippen LogP contribution < -0.4 is 15.8 Å². The van der Waals surface area contributed by atoms with E-state index >= 15 is 0 Å². The first-order chi connectivity index (χ1) is 14.1. The zero-order valence-corrected chi connectivity index (χ0v) is 18.1. The average Bonchev–Trinajstić information content (AvgIpc) is 3.04. The number of benzene rings is 1. The Morgan fingerprint density at radius 3 is 2.47 bits per heavy atom. The number of fused-ring (bicyclic) bond motifs is 1. The molecule has 3 N–H and O–H groups in total. The van der Waals surface area contributed by atoms with Gasteiger partial charge in [-0.3, -0.25) is 14.4 Å². The van der Waals surface area contributed by atoms with E-state index in [1.807, 2.05) is 0 Å². The molecule has 1 aromatic heterocycles. The Labute approximate surface area is 177 Å². The highest BCUT2D eigenvalue weighted by Crippen LogP contribution is 2.37. The maximum atomic E-state index is 12.5. The number of primary amides is 1. The molecule has 3 rings (SSSR count). The number of hydrogen-bond donors (Lipinski definition) is 2. The van der Waals surface area contributed by atoms with Gasteiger partial charge >= 0.3 is 0 Å². The van der Waals surface area contributed by atoms with Crippen LogP contribution in [0.25, 0.3) is 0 Å². The Balaban J connectivity index is 1.81. The molecule has 0 radical (unpaired) electrons. The minimum absolute atomic E-state index is 0.0175. The lowest BCUT2D eigenvalue weighted by atomic mass is 10.0. The van der Waals surface area contributed by atoms with Crippen LogP contribution in [0.2, 0.25) is 0 Å². The summed E-state index contributed by atoms with van der Waals surface area (Å²) in [5.41, 5.74) is 6.37. The molecule has 0 unspecified atom stereocenters. The molecule has 0 bridgehead atoms. The van der Waals surface area contributed by atoms with Gasteiger partial charge in [0.25, 0.3) is 5.91 Å². The molecule has 9 nitrogen and oxygen atoms in total. The standard InChI is InChI=1S/C19H21N3O6S2/c1-11(23)22-8-7-14-15(9-22)29-19(17(14)18(20)25)21-16(24)10-30(26,27)13-5-3-12(28-2)4-6-13/h3-6H,7-10H2,1-2H3,(H2,20,25)(H,21,24). The maximum absolute atomic E-state index is 12.5. The SMILES string of the molecule is COc1ccc(S(=O)(=O)CC(=O)Nc2sc3c(c2C(N)=O)CCN(C(C)=O)C3)cc1. The Hall–Kier alpha value is -2.92. The summed E-state index contributed by atoms with van der Waals surface area (Å²) in [6.45, 7) is 2.22. The minimum Gasteiger partial charge on any atom is -0.497 e. The van der Waals surface area contributed by atoms with Crippen molar-refractivity contribution in [1.82, 2.24) is 4.90 Å². The van der Waals surface area contributed by atoms with Crippen LogP contribution in [0, 0.1) is 0 Å². The summed E-state index contributed by atoms with van der Waals surface area (Å²) in [5.74, 6) is -1.88. The lowest BCUT2D eigenvalue weighted by molar-refractivity contribution is -0.129. The second-order valence-electron chi connectivity index (χ2n) is 6.75. The molecule has 1 aliphatic heterocycles. The Bertz CT molecular complexity index is 1110. The van der Waals surface area contributed by atoms with Gasteiger partial charge in [0.15, 0.2) is 9.84 Å². The fourth-order valence-corrected chi connectivity index (χ4v) is 5.64. The quantitative estimate of drug-likeness (QED) is 0.677. The van der Waals surface area contributed by atoms with E-state index in [0.29, 0.717) is 30.8 Å². The lowest BCUT2D eigenvalue weighted by Crippen LogP contribution is -2.34. The molecule has 0 atom stereocenters. The smallest absolute Gasteiger partial charge is 0.251 e. The fourth-order valence-electron chi connectivity index (χ4n) is 3.22. The van der Waals surface area contributed by atoms with Gasteiger partial charge in [0.1, 0.15) is 16.5 Å². The topological polar surface area (TPSA) is 136 Å². The maximum Gasteiger partial charge on any atom is 0.251 e. The van der Waals surface area contributed by atoms with Crippen LogP contribution in [0.4, 0.5) is 5.00 Å². The van der Waals surface area contributed by atoms with E-state index in [-0.39, 0.29) is 21.4 Å². The molecule has 0 saturated heterocycles. The summed E-state index contributed by atoms with van der Waals surface area (Å²) >= 11 is 1.13. The summed E-state index contributed by atoms with van der Waals surface area (Å²) in [6.07, 6.45) is 0.434. The number of nitrogens with one attached hydrogen (secondary N) is 1. The third kappa shape index (κ3) is 4.46. The van der Waals surface area contributed by atoms with Gasteiger partial charge in [0.2, 0.25) is 11.8 Å². The third-order valence-corrected chi connectivity index (χ3v) is 7.51. The van der Waals surface area contributed by atoms with Crippen molar-refractivity contribution in [1.29, 1.82) is 0 Å². The van der Waals surface area contributed by atoms with E-state index in [2.05, 4.69) is 5.32 Å². The van der Waals surface area contributed by atoms with Crippen LogP contribution in [0.15, 0.2) is 29.2 Å². The van der Waals surface area contributed by atoms with Crippen LogP contribution in [0.1, 0.15) is 27.7 Å². The molecule has 160 valence electrons. The van der Waals surface area contributed by atoms with Gasteiger partial charge in [-0.25, -0.2) is 8.42 Å². The highest BCUT2D eigenvalue weighted by molar-refractivity contribution is 7.92. The molecule has 2 heterocycles. The first-order valence-electron chi connectivity index (χ1n) is 8.99. The first-order valence-corrected chi connectivity index (χ1v) is 11.5. The van der Waals surface area contributed by atoms with Gasteiger partial charge in [0, 0.05) is 18.3 Å². The van der Waals surface area contributed by atoms with Crippen LogP contribution in [0.5, 0.6) is 5.75 Å². The van der Waals surface area contributed by atoms with E-state index in [4.69, 9.17) is 10.5 Å². The van der Waals surface area contributed by atoms with Crippen molar-refractivity contribution in [2.75, 3.05) is 24.7 Å². The van der Waals surface area contributed by atoms with Crippen LogP contribution >= 0.6 is 11.3 Å². The molecule has 11 heteroatoms. The highest BCUT2D eigenvalue weighted by Gasteiger charge is 2.29. The van der Waals surface area contributed by atoms with Gasteiger partial charge < -0.3 is 20.7 Å². The van der Waals surface area contributed by atoms with E-state index in [9.17, 15) is 22.8 Å². The third-order valence-electron chi connectivity index (χ3n) is 4.74. The number of carbonyl (C=O) groups excluding carboxylic acids is 3. The number of nitrogens with two attached hydrogens (primary N) is 1. The van der Waals surface area contributed by atoms with E-state index in [1.54, 1.807) is 4.90 Å². The summed E-state index contributed by atoms with van der Waals surface area (Å²) in [6, 6.07) is 5.70. The Kier molecular flexibility index (Phi) is 6.13. The zero-order chi connectivity index (χ0) is 22.1. The summed E-state index contributed by atoms with van der Waals surface area (Å²) in [7, 11) is -2.43. The zero-order valence-electron chi connectivity index (χ0n) is 16.4. The summed E-state index contributed by atoms with van der Waals surface area (Å²) in [4.78, 5) is 38.4. The monoisotopic (exact) mass is 451 g/mol. The van der Waals surface area contributed by atoms with Crippen molar-refractivity contribution >= 4 is 43.9 Å². The average molecular weight is 452 g/mol. The predicted molar refractivity (Wildman–Crippen MR) is 111 cm³/mol. The van der Waals surface area contributed by atoms with Gasteiger partial charge in [-0.1, -0.05) is 0 Å².